The second kappa shape index (κ2) is 5.87. The highest BCUT2D eigenvalue weighted by atomic mass is 79.9. The molecule has 106 valence electrons. The maximum absolute atomic E-state index is 13.4. The van der Waals surface area contributed by atoms with Crippen molar-refractivity contribution in [2.75, 3.05) is 6.61 Å². The topological polar surface area (TPSA) is 55.4 Å². The van der Waals surface area contributed by atoms with E-state index in [1.807, 2.05) is 0 Å². The molecule has 1 N–H and O–H groups in total. The summed E-state index contributed by atoms with van der Waals surface area (Å²) in [6.07, 6.45) is 1.65. The lowest BCUT2D eigenvalue weighted by atomic mass is 10.1. The third-order valence-electron chi connectivity index (χ3n) is 3.06. The van der Waals surface area contributed by atoms with Crippen molar-refractivity contribution in [2.24, 2.45) is 0 Å². The van der Waals surface area contributed by atoms with Gasteiger partial charge < -0.3 is 4.74 Å². The second-order valence-corrected chi connectivity index (χ2v) is 7.11. The van der Waals surface area contributed by atoms with Crippen LogP contribution in [-0.2, 0) is 14.8 Å². The Hall–Kier alpha value is -0.500. The third kappa shape index (κ3) is 3.53. The van der Waals surface area contributed by atoms with Crippen molar-refractivity contribution >= 4 is 26.0 Å². The molecule has 0 spiro atoms. The van der Waals surface area contributed by atoms with Crippen LogP contribution in [0.1, 0.15) is 19.8 Å². The number of hydrogen-bond donors (Lipinski definition) is 1. The van der Waals surface area contributed by atoms with Gasteiger partial charge in [-0.1, -0.05) is 0 Å². The molecule has 0 amide bonds. The first-order valence-electron chi connectivity index (χ1n) is 5.99. The van der Waals surface area contributed by atoms with Crippen LogP contribution in [0.25, 0.3) is 0 Å². The largest absolute Gasteiger partial charge is 0.377 e. The van der Waals surface area contributed by atoms with Gasteiger partial charge in [-0.25, -0.2) is 17.5 Å². The molecule has 2 rings (SSSR count). The average Bonchev–Trinajstić information content (AvgIpc) is 2.85. The Morgan fingerprint density at radius 1 is 1.53 bits per heavy atom. The molecule has 4 nitrogen and oxygen atoms in total. The molecule has 0 saturated carbocycles. The lowest BCUT2D eigenvalue weighted by Gasteiger charge is -2.20. The second-order valence-electron chi connectivity index (χ2n) is 4.54. The molecular weight excluding hydrogens is 337 g/mol. The number of hydrogen-bond acceptors (Lipinski definition) is 3. The molecule has 1 aliphatic rings. The summed E-state index contributed by atoms with van der Waals surface area (Å²) in [6.45, 7) is 2.41. The van der Waals surface area contributed by atoms with E-state index < -0.39 is 15.8 Å². The van der Waals surface area contributed by atoms with E-state index in [9.17, 15) is 12.8 Å². The fourth-order valence-corrected chi connectivity index (χ4v) is 3.56. The van der Waals surface area contributed by atoms with Crippen LogP contribution in [0.5, 0.6) is 0 Å². The molecule has 1 aromatic rings. The summed E-state index contributed by atoms with van der Waals surface area (Å²) in [5, 5.41) is 0. The van der Waals surface area contributed by atoms with Gasteiger partial charge in [-0.05, 0) is 53.9 Å². The first-order valence-corrected chi connectivity index (χ1v) is 8.27. The smallest absolute Gasteiger partial charge is 0.241 e. The number of halogens is 2. The quantitative estimate of drug-likeness (QED) is 0.906. The first kappa shape index (κ1) is 14.9. The molecule has 0 aliphatic carbocycles. The monoisotopic (exact) mass is 351 g/mol. The highest BCUT2D eigenvalue weighted by Gasteiger charge is 2.27. The SMILES string of the molecule is CC(NS(=O)(=O)c1ccc(Br)c(F)c1)C1CCCO1. The maximum atomic E-state index is 13.4. The molecular formula is C12H15BrFNO3S. The summed E-state index contributed by atoms with van der Waals surface area (Å²) in [5.41, 5.74) is 0. The molecule has 1 saturated heterocycles. The molecule has 1 fully saturated rings. The number of benzene rings is 1. The predicted molar refractivity (Wildman–Crippen MR) is 72.9 cm³/mol. The van der Waals surface area contributed by atoms with Crippen LogP contribution in [0, 0.1) is 5.82 Å². The van der Waals surface area contributed by atoms with E-state index >= 15 is 0 Å². The van der Waals surface area contributed by atoms with Gasteiger partial charge in [-0.3, -0.25) is 0 Å². The van der Waals surface area contributed by atoms with Gasteiger partial charge in [0.15, 0.2) is 0 Å². The van der Waals surface area contributed by atoms with E-state index in [-0.39, 0.29) is 21.5 Å². The van der Waals surface area contributed by atoms with E-state index in [1.165, 1.54) is 12.1 Å². The molecule has 0 radical (unpaired) electrons. The Kier molecular flexibility index (Phi) is 4.60. The molecule has 7 heteroatoms. The summed E-state index contributed by atoms with van der Waals surface area (Å²) >= 11 is 2.99. The lowest BCUT2D eigenvalue weighted by molar-refractivity contribution is 0.0902. The Morgan fingerprint density at radius 3 is 2.84 bits per heavy atom. The van der Waals surface area contributed by atoms with Crippen molar-refractivity contribution in [1.82, 2.24) is 4.72 Å². The summed E-state index contributed by atoms with van der Waals surface area (Å²) in [6, 6.07) is 3.40. The number of nitrogens with one attached hydrogen (secondary N) is 1. The van der Waals surface area contributed by atoms with E-state index in [2.05, 4.69) is 20.7 Å². The summed E-state index contributed by atoms with van der Waals surface area (Å²) in [5.74, 6) is -0.604. The van der Waals surface area contributed by atoms with Gasteiger partial charge in [0, 0.05) is 12.6 Å². The minimum atomic E-state index is -3.73. The van der Waals surface area contributed by atoms with Crippen molar-refractivity contribution < 1.29 is 17.5 Å². The van der Waals surface area contributed by atoms with Gasteiger partial charge in [0.2, 0.25) is 10.0 Å². The minimum Gasteiger partial charge on any atom is -0.377 e. The predicted octanol–water partition coefficient (Wildman–Crippen LogP) is 2.43. The molecule has 0 aromatic heterocycles. The van der Waals surface area contributed by atoms with Crippen LogP contribution in [0.15, 0.2) is 27.6 Å². The Bertz CT molecular complexity index is 558. The van der Waals surface area contributed by atoms with Gasteiger partial charge in [-0.2, -0.15) is 0 Å². The summed E-state index contributed by atoms with van der Waals surface area (Å²) < 4.78 is 45.8. The fraction of sp³-hybridized carbons (Fsp3) is 0.500. The maximum Gasteiger partial charge on any atom is 0.241 e. The zero-order valence-electron chi connectivity index (χ0n) is 10.4. The lowest BCUT2D eigenvalue weighted by Crippen LogP contribution is -2.40. The number of sulfonamides is 1. The Labute approximate surface area is 120 Å². The molecule has 2 unspecified atom stereocenters. The molecule has 1 aliphatic heterocycles. The minimum absolute atomic E-state index is 0.0851. The van der Waals surface area contributed by atoms with Gasteiger partial charge in [0.25, 0.3) is 0 Å². The fourth-order valence-electron chi connectivity index (χ4n) is 2.03. The highest BCUT2D eigenvalue weighted by molar-refractivity contribution is 9.10. The van der Waals surface area contributed by atoms with Crippen LogP contribution < -0.4 is 4.72 Å². The van der Waals surface area contributed by atoms with E-state index in [0.29, 0.717) is 6.61 Å². The van der Waals surface area contributed by atoms with E-state index in [1.54, 1.807) is 6.92 Å². The zero-order chi connectivity index (χ0) is 14.0. The standard InChI is InChI=1S/C12H15BrFNO3S/c1-8(12-3-2-6-18-12)15-19(16,17)9-4-5-10(13)11(14)7-9/h4-5,7-8,12,15H,2-3,6H2,1H3. The van der Waals surface area contributed by atoms with Crippen molar-refractivity contribution in [3.05, 3.63) is 28.5 Å². The van der Waals surface area contributed by atoms with E-state index in [4.69, 9.17) is 4.74 Å². The van der Waals surface area contributed by atoms with Crippen molar-refractivity contribution in [2.45, 2.75) is 36.8 Å². The summed E-state index contributed by atoms with van der Waals surface area (Å²) in [7, 11) is -3.73. The van der Waals surface area contributed by atoms with Crippen LogP contribution >= 0.6 is 15.9 Å². The van der Waals surface area contributed by atoms with Gasteiger partial charge in [-0.15, -0.1) is 0 Å². The molecule has 1 aromatic carbocycles. The van der Waals surface area contributed by atoms with Crippen LogP contribution in [0.4, 0.5) is 4.39 Å². The van der Waals surface area contributed by atoms with Crippen LogP contribution in [0.2, 0.25) is 0 Å². The number of rotatable bonds is 4. The van der Waals surface area contributed by atoms with Crippen LogP contribution in [-0.4, -0.2) is 27.2 Å². The molecule has 0 bridgehead atoms. The molecule has 19 heavy (non-hydrogen) atoms. The van der Waals surface area contributed by atoms with E-state index in [0.717, 1.165) is 18.9 Å². The van der Waals surface area contributed by atoms with Crippen molar-refractivity contribution in [3.63, 3.8) is 0 Å². The normalized spacial score (nSPS) is 21.5. The number of ether oxygens (including phenoxy) is 1. The molecule has 2 atom stereocenters. The van der Waals surface area contributed by atoms with Gasteiger partial charge in [0.05, 0.1) is 15.5 Å². The average molecular weight is 352 g/mol. The van der Waals surface area contributed by atoms with Crippen LogP contribution in [0.3, 0.4) is 0 Å². The highest BCUT2D eigenvalue weighted by Crippen LogP contribution is 2.21. The third-order valence-corrected chi connectivity index (χ3v) is 5.26. The Balaban J connectivity index is 2.15. The Morgan fingerprint density at radius 2 is 2.26 bits per heavy atom. The van der Waals surface area contributed by atoms with Gasteiger partial charge in [0.1, 0.15) is 5.82 Å². The first-order chi connectivity index (χ1) is 8.90. The van der Waals surface area contributed by atoms with Crippen molar-refractivity contribution in [1.29, 1.82) is 0 Å². The zero-order valence-corrected chi connectivity index (χ0v) is 12.8. The summed E-state index contributed by atoms with van der Waals surface area (Å²) in [4.78, 5) is -0.0851. The molecule has 1 heterocycles. The van der Waals surface area contributed by atoms with Crippen molar-refractivity contribution in [3.8, 4) is 0 Å². The van der Waals surface area contributed by atoms with Gasteiger partial charge >= 0.3 is 0 Å².